The topological polar surface area (TPSA) is 52.6 Å². The summed E-state index contributed by atoms with van der Waals surface area (Å²) in [5.41, 5.74) is 1.93. The lowest BCUT2D eigenvalue weighted by atomic mass is 10.1. The number of benzene rings is 1. The molecule has 19 heavy (non-hydrogen) atoms. The molecule has 1 aromatic carbocycles. The molecular weight excluding hydrogens is 355 g/mol. The third kappa shape index (κ3) is 4.43. The van der Waals surface area contributed by atoms with E-state index in [1.807, 2.05) is 30.0 Å². The first-order valence-electron chi connectivity index (χ1n) is 6.51. The highest BCUT2D eigenvalue weighted by atomic mass is 127. The van der Waals surface area contributed by atoms with Crippen LogP contribution in [0.2, 0.25) is 0 Å². The number of halogens is 1. The van der Waals surface area contributed by atoms with E-state index in [-0.39, 0.29) is 12.0 Å². The largest absolute Gasteiger partial charge is 0.392 e. The number of hydrogen-bond acceptors (Lipinski definition) is 3. The van der Waals surface area contributed by atoms with Crippen molar-refractivity contribution in [1.29, 1.82) is 0 Å². The fourth-order valence-corrected chi connectivity index (χ4v) is 2.98. The van der Waals surface area contributed by atoms with Crippen molar-refractivity contribution >= 4 is 34.2 Å². The SMILES string of the molecule is Cc1cc(I)ccc1NC(=O)CN1CCC[C@H](O)C1. The predicted molar refractivity (Wildman–Crippen MR) is 84.2 cm³/mol. The van der Waals surface area contributed by atoms with Gasteiger partial charge in [0, 0.05) is 15.8 Å². The van der Waals surface area contributed by atoms with Crippen molar-refractivity contribution in [3.63, 3.8) is 0 Å². The molecule has 1 atom stereocenters. The molecule has 4 nitrogen and oxygen atoms in total. The van der Waals surface area contributed by atoms with Crippen LogP contribution in [0, 0.1) is 10.5 Å². The van der Waals surface area contributed by atoms with E-state index in [1.54, 1.807) is 0 Å². The van der Waals surface area contributed by atoms with Gasteiger partial charge in [0.2, 0.25) is 5.91 Å². The molecule has 1 heterocycles. The van der Waals surface area contributed by atoms with E-state index in [9.17, 15) is 9.90 Å². The van der Waals surface area contributed by atoms with Crippen LogP contribution in [0.3, 0.4) is 0 Å². The molecular formula is C14H19IN2O2. The molecule has 1 saturated heterocycles. The van der Waals surface area contributed by atoms with Gasteiger partial charge < -0.3 is 10.4 Å². The molecule has 1 aliphatic heterocycles. The van der Waals surface area contributed by atoms with Gasteiger partial charge in [-0.25, -0.2) is 0 Å². The number of nitrogens with one attached hydrogen (secondary N) is 1. The molecule has 1 fully saturated rings. The molecule has 5 heteroatoms. The van der Waals surface area contributed by atoms with Crippen LogP contribution in [-0.2, 0) is 4.79 Å². The van der Waals surface area contributed by atoms with E-state index >= 15 is 0 Å². The third-order valence-corrected chi connectivity index (χ3v) is 3.98. The number of carbonyl (C=O) groups excluding carboxylic acids is 1. The zero-order valence-electron chi connectivity index (χ0n) is 11.0. The number of piperidine rings is 1. The number of rotatable bonds is 3. The molecule has 0 saturated carbocycles. The highest BCUT2D eigenvalue weighted by molar-refractivity contribution is 14.1. The van der Waals surface area contributed by atoms with Gasteiger partial charge >= 0.3 is 0 Å². The van der Waals surface area contributed by atoms with Gasteiger partial charge in [0.15, 0.2) is 0 Å². The fourth-order valence-electron chi connectivity index (χ4n) is 2.33. The normalized spacial score (nSPS) is 20.3. The number of amides is 1. The van der Waals surface area contributed by atoms with Crippen LogP contribution in [-0.4, -0.2) is 41.7 Å². The van der Waals surface area contributed by atoms with Crippen molar-refractivity contribution in [3.05, 3.63) is 27.3 Å². The minimum atomic E-state index is -0.290. The van der Waals surface area contributed by atoms with Crippen molar-refractivity contribution in [1.82, 2.24) is 4.90 Å². The molecule has 0 aromatic heterocycles. The lowest BCUT2D eigenvalue weighted by Gasteiger charge is -2.29. The third-order valence-electron chi connectivity index (χ3n) is 3.31. The van der Waals surface area contributed by atoms with Gasteiger partial charge in [-0.05, 0) is 72.7 Å². The molecule has 2 N–H and O–H groups in total. The summed E-state index contributed by atoms with van der Waals surface area (Å²) in [5.74, 6) is -0.0154. The molecule has 1 amide bonds. The summed E-state index contributed by atoms with van der Waals surface area (Å²) in [7, 11) is 0. The first-order valence-corrected chi connectivity index (χ1v) is 7.59. The molecule has 2 rings (SSSR count). The Bertz CT molecular complexity index is 465. The number of hydrogen-bond donors (Lipinski definition) is 2. The summed E-state index contributed by atoms with van der Waals surface area (Å²) >= 11 is 2.25. The lowest BCUT2D eigenvalue weighted by Crippen LogP contribution is -2.42. The Hall–Kier alpha value is -0.660. The van der Waals surface area contributed by atoms with E-state index in [1.165, 1.54) is 0 Å². The lowest BCUT2D eigenvalue weighted by molar-refractivity contribution is -0.118. The Morgan fingerprint density at radius 2 is 2.37 bits per heavy atom. The molecule has 1 aliphatic rings. The van der Waals surface area contributed by atoms with Crippen LogP contribution in [0.25, 0.3) is 0 Å². The number of β-amino-alcohol motifs (C(OH)–C–C–N with tert-alkyl or cyclic N) is 1. The average Bonchev–Trinajstić information content (AvgIpc) is 2.33. The van der Waals surface area contributed by atoms with E-state index in [2.05, 4.69) is 27.9 Å². The van der Waals surface area contributed by atoms with E-state index in [0.717, 1.165) is 34.2 Å². The molecule has 0 bridgehead atoms. The first kappa shape index (κ1) is 14.7. The summed E-state index contributed by atoms with van der Waals surface area (Å²) in [6.45, 7) is 3.82. The Kier molecular flexibility index (Phi) is 5.18. The summed E-state index contributed by atoms with van der Waals surface area (Å²) in [4.78, 5) is 14.0. The van der Waals surface area contributed by atoms with Crippen LogP contribution in [0.5, 0.6) is 0 Å². The van der Waals surface area contributed by atoms with Gasteiger partial charge in [-0.2, -0.15) is 0 Å². The van der Waals surface area contributed by atoms with E-state index in [0.29, 0.717) is 13.1 Å². The Labute approximate surface area is 127 Å². The van der Waals surface area contributed by atoms with Crippen LogP contribution in [0.4, 0.5) is 5.69 Å². The van der Waals surface area contributed by atoms with E-state index in [4.69, 9.17) is 0 Å². The highest BCUT2D eigenvalue weighted by Gasteiger charge is 2.19. The average molecular weight is 374 g/mol. The fraction of sp³-hybridized carbons (Fsp3) is 0.500. The first-order chi connectivity index (χ1) is 9.04. The van der Waals surface area contributed by atoms with Crippen molar-refractivity contribution in [2.75, 3.05) is 25.0 Å². The van der Waals surface area contributed by atoms with Crippen molar-refractivity contribution < 1.29 is 9.90 Å². The van der Waals surface area contributed by atoms with Crippen molar-refractivity contribution in [3.8, 4) is 0 Å². The van der Waals surface area contributed by atoms with Crippen LogP contribution >= 0.6 is 22.6 Å². The second-order valence-electron chi connectivity index (χ2n) is 5.04. The van der Waals surface area contributed by atoms with Gasteiger partial charge in [-0.15, -0.1) is 0 Å². The summed E-state index contributed by atoms with van der Waals surface area (Å²) < 4.78 is 1.16. The zero-order chi connectivity index (χ0) is 13.8. The quantitative estimate of drug-likeness (QED) is 0.796. The number of carbonyl (C=O) groups is 1. The predicted octanol–water partition coefficient (Wildman–Crippen LogP) is 1.99. The maximum Gasteiger partial charge on any atom is 0.238 e. The molecule has 0 unspecified atom stereocenters. The molecule has 0 spiro atoms. The van der Waals surface area contributed by atoms with Gasteiger partial charge in [-0.3, -0.25) is 9.69 Å². The smallest absolute Gasteiger partial charge is 0.238 e. The molecule has 104 valence electrons. The monoisotopic (exact) mass is 374 g/mol. The number of nitrogens with zero attached hydrogens (tertiary/aromatic N) is 1. The number of aliphatic hydroxyl groups is 1. The molecule has 1 aromatic rings. The molecule has 0 aliphatic carbocycles. The van der Waals surface area contributed by atoms with Gasteiger partial charge in [-0.1, -0.05) is 0 Å². The van der Waals surface area contributed by atoms with Crippen LogP contribution in [0.1, 0.15) is 18.4 Å². The maximum atomic E-state index is 12.0. The Morgan fingerprint density at radius 1 is 1.58 bits per heavy atom. The maximum absolute atomic E-state index is 12.0. The van der Waals surface area contributed by atoms with Crippen molar-refractivity contribution in [2.45, 2.75) is 25.9 Å². The second-order valence-corrected chi connectivity index (χ2v) is 6.28. The van der Waals surface area contributed by atoms with Crippen LogP contribution in [0.15, 0.2) is 18.2 Å². The van der Waals surface area contributed by atoms with Gasteiger partial charge in [0.05, 0.1) is 12.6 Å². The molecule has 0 radical (unpaired) electrons. The minimum absolute atomic E-state index is 0.0154. The number of likely N-dealkylation sites (tertiary alicyclic amines) is 1. The van der Waals surface area contributed by atoms with Gasteiger partial charge in [0.25, 0.3) is 0 Å². The van der Waals surface area contributed by atoms with Crippen molar-refractivity contribution in [2.24, 2.45) is 0 Å². The zero-order valence-corrected chi connectivity index (χ0v) is 13.2. The Morgan fingerprint density at radius 3 is 3.05 bits per heavy atom. The van der Waals surface area contributed by atoms with Crippen LogP contribution < -0.4 is 5.32 Å². The Balaban J connectivity index is 1.90. The minimum Gasteiger partial charge on any atom is -0.392 e. The van der Waals surface area contributed by atoms with E-state index < -0.39 is 0 Å². The highest BCUT2D eigenvalue weighted by Crippen LogP contribution is 2.18. The summed E-state index contributed by atoms with van der Waals surface area (Å²) in [5, 5.41) is 12.5. The van der Waals surface area contributed by atoms with Gasteiger partial charge in [0.1, 0.15) is 0 Å². The summed E-state index contributed by atoms with van der Waals surface area (Å²) in [6, 6.07) is 5.95. The number of aliphatic hydroxyl groups excluding tert-OH is 1. The number of anilines is 1. The summed E-state index contributed by atoms with van der Waals surface area (Å²) in [6.07, 6.45) is 1.51. The standard InChI is InChI=1S/C14H19IN2O2/c1-10-7-11(15)4-5-13(10)16-14(19)9-17-6-2-3-12(18)8-17/h4-5,7,12,18H,2-3,6,8-9H2,1H3,(H,16,19)/t12-/m0/s1. The number of aryl methyl sites for hydroxylation is 1. The second kappa shape index (κ2) is 6.67.